The Morgan fingerprint density at radius 3 is 2.30 bits per heavy atom. The van der Waals surface area contributed by atoms with E-state index >= 15 is 0 Å². The van der Waals surface area contributed by atoms with Crippen molar-refractivity contribution in [3.8, 4) is 0 Å². The van der Waals surface area contributed by atoms with Gasteiger partial charge in [0.15, 0.2) is 0 Å². The van der Waals surface area contributed by atoms with Gasteiger partial charge in [0, 0.05) is 0 Å². The molecule has 0 radical (unpaired) electrons. The molecule has 3 atom stereocenters. The summed E-state index contributed by atoms with van der Waals surface area (Å²) in [6.45, 7) is 0. The van der Waals surface area contributed by atoms with Gasteiger partial charge in [-0.3, -0.25) is 9.24 Å². The van der Waals surface area contributed by atoms with Crippen LogP contribution in [0.5, 0.6) is 0 Å². The molecular formula is C4H7NO3P2. The molecule has 0 spiro atoms. The highest BCUT2D eigenvalue weighted by Gasteiger charge is 2.34. The average Bonchev–Trinajstić information content (AvgIpc) is 2.10. The molecule has 1 rings (SSSR count). The van der Waals surface area contributed by atoms with Crippen LogP contribution in [0.3, 0.4) is 0 Å². The molecule has 1 aliphatic rings. The molecule has 1 fully saturated rings. The largest absolute Gasteiger partial charge is 0.392 e. The van der Waals surface area contributed by atoms with Crippen LogP contribution in [0.4, 0.5) is 0 Å². The predicted octanol–water partition coefficient (Wildman–Crippen LogP) is -0.289. The van der Waals surface area contributed by atoms with Crippen molar-refractivity contribution in [1.82, 2.24) is 4.44 Å². The van der Waals surface area contributed by atoms with E-state index in [1.54, 1.807) is 0 Å². The van der Waals surface area contributed by atoms with Crippen molar-refractivity contribution in [2.24, 2.45) is 0 Å². The van der Waals surface area contributed by atoms with Crippen LogP contribution in [0, 0.1) is 0 Å². The summed E-state index contributed by atoms with van der Waals surface area (Å²) < 4.78 is 5.80. The predicted molar refractivity (Wildman–Crippen MR) is 40.8 cm³/mol. The lowest BCUT2D eigenvalue weighted by Crippen LogP contribution is -2.23. The number of esters is 2. The highest BCUT2D eigenvalue weighted by Crippen LogP contribution is 2.21. The standard InChI is InChI=1S/C4H7NO3P2/c6-3-1-2(5(9)10)4(7)8-3/h2H,1,9-10H2. The van der Waals surface area contributed by atoms with Gasteiger partial charge >= 0.3 is 11.9 Å². The van der Waals surface area contributed by atoms with Gasteiger partial charge < -0.3 is 4.74 Å². The molecule has 0 aromatic heterocycles. The van der Waals surface area contributed by atoms with E-state index in [9.17, 15) is 9.59 Å². The van der Waals surface area contributed by atoms with Crippen LogP contribution < -0.4 is 0 Å². The van der Waals surface area contributed by atoms with Crippen molar-refractivity contribution in [2.45, 2.75) is 12.5 Å². The quantitative estimate of drug-likeness (QED) is 0.315. The number of ether oxygens (including phenoxy) is 1. The second kappa shape index (κ2) is 2.91. The molecule has 0 bridgehead atoms. The summed E-state index contributed by atoms with van der Waals surface area (Å²) in [7, 11) is 4.57. The molecule has 1 heterocycles. The fraction of sp³-hybridized carbons (Fsp3) is 0.500. The highest BCUT2D eigenvalue weighted by molar-refractivity contribution is 7.31. The zero-order chi connectivity index (χ0) is 7.72. The molecule has 10 heavy (non-hydrogen) atoms. The molecule has 6 heteroatoms. The van der Waals surface area contributed by atoms with Crippen LogP contribution in [0.2, 0.25) is 0 Å². The second-order valence-electron chi connectivity index (χ2n) is 1.96. The van der Waals surface area contributed by atoms with Crippen LogP contribution >= 0.6 is 18.8 Å². The van der Waals surface area contributed by atoms with Crippen LogP contribution in [0.1, 0.15) is 6.42 Å². The molecule has 0 aliphatic carbocycles. The zero-order valence-corrected chi connectivity index (χ0v) is 7.42. The Morgan fingerprint density at radius 2 is 2.10 bits per heavy atom. The highest BCUT2D eigenvalue weighted by atomic mass is 31.1. The van der Waals surface area contributed by atoms with E-state index in [0.29, 0.717) is 0 Å². The first-order valence-electron chi connectivity index (χ1n) is 2.64. The Balaban J connectivity index is 2.63. The summed E-state index contributed by atoms with van der Waals surface area (Å²) in [4.78, 5) is 21.2. The number of cyclic esters (lactones) is 2. The topological polar surface area (TPSA) is 46.6 Å². The van der Waals surface area contributed by atoms with Gasteiger partial charge in [-0.15, -0.1) is 0 Å². The normalized spacial score (nSPS) is 25.7. The van der Waals surface area contributed by atoms with E-state index in [4.69, 9.17) is 0 Å². The van der Waals surface area contributed by atoms with Crippen molar-refractivity contribution in [3.05, 3.63) is 0 Å². The first kappa shape index (κ1) is 8.06. The summed E-state index contributed by atoms with van der Waals surface area (Å²) in [6, 6.07) is -0.442. The van der Waals surface area contributed by atoms with E-state index < -0.39 is 18.0 Å². The molecule has 56 valence electrons. The second-order valence-corrected chi connectivity index (χ2v) is 3.75. The smallest absolute Gasteiger partial charge is 0.332 e. The number of hydrogen-bond acceptors (Lipinski definition) is 4. The minimum absolute atomic E-state index is 0.145. The number of hydrogen-bond donors (Lipinski definition) is 0. The summed E-state index contributed by atoms with van der Waals surface area (Å²) in [5, 5.41) is 0. The van der Waals surface area contributed by atoms with Crippen molar-refractivity contribution >= 4 is 30.7 Å². The average molecular weight is 179 g/mol. The molecule has 0 amide bonds. The Hall–Kier alpha value is -0.0400. The van der Waals surface area contributed by atoms with Gasteiger partial charge in [-0.05, 0) is 0 Å². The van der Waals surface area contributed by atoms with E-state index in [-0.39, 0.29) is 6.42 Å². The van der Waals surface area contributed by atoms with E-state index in [0.717, 1.165) is 0 Å². The minimum Gasteiger partial charge on any atom is -0.392 e. The third-order valence-corrected chi connectivity index (χ3v) is 1.93. The number of nitrogens with zero attached hydrogens (tertiary/aromatic N) is 1. The van der Waals surface area contributed by atoms with E-state index in [2.05, 4.69) is 23.5 Å². The summed E-state index contributed by atoms with van der Waals surface area (Å²) in [5.41, 5.74) is 0. The number of carbonyl (C=O) groups excluding carboxylic acids is 2. The maximum Gasteiger partial charge on any atom is 0.332 e. The Morgan fingerprint density at radius 1 is 1.50 bits per heavy atom. The minimum atomic E-state index is -0.477. The molecule has 0 saturated carbocycles. The van der Waals surface area contributed by atoms with Gasteiger partial charge in [-0.1, -0.05) is 18.8 Å². The maximum absolute atomic E-state index is 10.7. The molecule has 1 aliphatic heterocycles. The third kappa shape index (κ3) is 1.51. The van der Waals surface area contributed by atoms with Gasteiger partial charge in [-0.25, -0.2) is 4.79 Å². The maximum atomic E-state index is 10.7. The van der Waals surface area contributed by atoms with E-state index in [1.165, 1.54) is 4.44 Å². The fourth-order valence-electron chi connectivity index (χ4n) is 0.690. The summed E-state index contributed by atoms with van der Waals surface area (Å²) in [5.74, 6) is -0.931. The Bertz CT molecular complexity index is 181. The SMILES string of the molecule is O=C1CC(N(P)P)C(=O)O1. The van der Waals surface area contributed by atoms with Crippen molar-refractivity contribution < 1.29 is 14.3 Å². The fourth-order valence-corrected chi connectivity index (χ4v) is 1.14. The summed E-state index contributed by atoms with van der Waals surface area (Å²) in [6.07, 6.45) is 0.145. The zero-order valence-electron chi connectivity index (χ0n) is 5.11. The summed E-state index contributed by atoms with van der Waals surface area (Å²) >= 11 is 0. The monoisotopic (exact) mass is 179 g/mol. The lowest BCUT2D eigenvalue weighted by molar-refractivity contribution is -0.152. The van der Waals surface area contributed by atoms with Gasteiger partial charge in [0.25, 0.3) is 0 Å². The first-order valence-corrected chi connectivity index (χ1v) is 3.67. The molecule has 0 aromatic carbocycles. The van der Waals surface area contributed by atoms with Crippen molar-refractivity contribution in [2.75, 3.05) is 0 Å². The van der Waals surface area contributed by atoms with Crippen LogP contribution in [0.25, 0.3) is 0 Å². The van der Waals surface area contributed by atoms with Gasteiger partial charge in [0.2, 0.25) is 0 Å². The van der Waals surface area contributed by atoms with Crippen molar-refractivity contribution in [1.29, 1.82) is 0 Å². The first-order chi connectivity index (χ1) is 4.61. The molecule has 0 aromatic rings. The van der Waals surface area contributed by atoms with Gasteiger partial charge in [0.1, 0.15) is 6.04 Å². The van der Waals surface area contributed by atoms with Crippen molar-refractivity contribution in [3.63, 3.8) is 0 Å². The van der Waals surface area contributed by atoms with Crippen LogP contribution in [0.15, 0.2) is 0 Å². The Labute approximate surface area is 62.8 Å². The lowest BCUT2D eigenvalue weighted by Gasteiger charge is -2.11. The molecule has 0 N–H and O–H groups in total. The van der Waals surface area contributed by atoms with Gasteiger partial charge in [-0.2, -0.15) is 0 Å². The van der Waals surface area contributed by atoms with Crippen LogP contribution in [-0.4, -0.2) is 22.4 Å². The molecule has 4 nitrogen and oxygen atoms in total. The third-order valence-electron chi connectivity index (χ3n) is 1.21. The van der Waals surface area contributed by atoms with E-state index in [1.807, 2.05) is 0 Å². The number of rotatable bonds is 1. The van der Waals surface area contributed by atoms with Gasteiger partial charge in [0.05, 0.1) is 6.42 Å². The molecule has 3 unspecified atom stereocenters. The van der Waals surface area contributed by atoms with Crippen LogP contribution in [-0.2, 0) is 14.3 Å². The molecular weight excluding hydrogens is 172 g/mol. The lowest BCUT2D eigenvalue weighted by atomic mass is 10.3. The number of carbonyl (C=O) groups is 2. The molecule has 1 saturated heterocycles. The Kier molecular flexibility index (Phi) is 2.35.